The van der Waals surface area contributed by atoms with E-state index >= 15 is 0 Å². The van der Waals surface area contributed by atoms with Gasteiger partial charge in [0.05, 0.1) is 13.7 Å². The fourth-order valence-corrected chi connectivity index (χ4v) is 3.95. The average Bonchev–Trinajstić information content (AvgIpc) is 2.90. The molecule has 0 saturated carbocycles. The molecule has 5 unspecified atom stereocenters. The van der Waals surface area contributed by atoms with Crippen LogP contribution in [0.1, 0.15) is 19.8 Å². The Morgan fingerprint density at radius 2 is 1.71 bits per heavy atom. The van der Waals surface area contributed by atoms with E-state index in [9.17, 15) is 35.1 Å². The van der Waals surface area contributed by atoms with Crippen LogP contribution in [0.5, 0.6) is 23.0 Å². The van der Waals surface area contributed by atoms with Gasteiger partial charge in [-0.3, -0.25) is 4.79 Å². The molecule has 12 heteroatoms. The summed E-state index contributed by atoms with van der Waals surface area (Å²) in [5, 5.41) is 51.7. The molecule has 1 aliphatic heterocycles. The number of aromatic hydroxyl groups is 2. The highest BCUT2D eigenvalue weighted by molar-refractivity contribution is 5.91. The van der Waals surface area contributed by atoms with Crippen molar-refractivity contribution in [1.82, 2.24) is 0 Å². The van der Waals surface area contributed by atoms with Crippen molar-refractivity contribution in [2.75, 3.05) is 13.7 Å². The van der Waals surface area contributed by atoms with Gasteiger partial charge in [0.15, 0.2) is 22.9 Å². The number of hydrogen-bond acceptors (Lipinski definition) is 12. The standard InChI is InChI=1S/C26H28O12/c1-3-4-9-35-25(33)24-20(31)19(30)21(32)26(38-24)37-22-16(29)10-14(27)18-15(28)11-17(36-23(18)22)12-5-7-13(34-2)8-6-12/h5-8,10-11,19-21,24,26-27,29-32H,3-4,9H2,1-2H3. The number of aliphatic hydroxyl groups excluding tert-OH is 3. The molecule has 2 aromatic carbocycles. The Morgan fingerprint density at radius 1 is 1.00 bits per heavy atom. The number of ether oxygens (including phenoxy) is 4. The maximum Gasteiger partial charge on any atom is 0.338 e. The monoisotopic (exact) mass is 532 g/mol. The maximum atomic E-state index is 12.9. The van der Waals surface area contributed by atoms with Crippen LogP contribution >= 0.6 is 0 Å². The summed E-state index contributed by atoms with van der Waals surface area (Å²) in [6.45, 7) is 1.94. The first kappa shape index (κ1) is 27.2. The predicted molar refractivity (Wildman–Crippen MR) is 131 cm³/mol. The Kier molecular flexibility index (Phi) is 8.07. The summed E-state index contributed by atoms with van der Waals surface area (Å²) in [6, 6.07) is 8.47. The van der Waals surface area contributed by atoms with Crippen molar-refractivity contribution in [3.63, 3.8) is 0 Å². The molecule has 5 atom stereocenters. The molecule has 2 heterocycles. The van der Waals surface area contributed by atoms with Gasteiger partial charge in [-0.25, -0.2) is 4.79 Å². The van der Waals surface area contributed by atoms with Crippen LogP contribution in [-0.4, -0.2) is 75.9 Å². The Hall–Kier alpha value is -3.84. The molecule has 3 aromatic rings. The van der Waals surface area contributed by atoms with E-state index in [1.165, 1.54) is 7.11 Å². The molecular weight excluding hydrogens is 504 g/mol. The first-order chi connectivity index (χ1) is 18.2. The highest BCUT2D eigenvalue weighted by Gasteiger charge is 2.49. The summed E-state index contributed by atoms with van der Waals surface area (Å²) in [4.78, 5) is 25.3. The van der Waals surface area contributed by atoms with Crippen LogP contribution in [0.2, 0.25) is 0 Å². The molecule has 1 fully saturated rings. The van der Waals surface area contributed by atoms with Crippen LogP contribution in [0.15, 0.2) is 45.6 Å². The number of benzene rings is 2. The van der Waals surface area contributed by atoms with Gasteiger partial charge >= 0.3 is 5.97 Å². The van der Waals surface area contributed by atoms with E-state index in [2.05, 4.69) is 0 Å². The van der Waals surface area contributed by atoms with Crippen LogP contribution in [0.25, 0.3) is 22.3 Å². The second-order valence-electron chi connectivity index (χ2n) is 8.69. The minimum atomic E-state index is -1.88. The highest BCUT2D eigenvalue weighted by Crippen LogP contribution is 2.42. The minimum absolute atomic E-state index is 0.0504. The molecule has 1 aromatic heterocycles. The molecule has 1 saturated heterocycles. The second-order valence-corrected chi connectivity index (χ2v) is 8.69. The van der Waals surface area contributed by atoms with E-state index in [1.807, 2.05) is 6.92 Å². The molecule has 0 aliphatic carbocycles. The topological polar surface area (TPSA) is 185 Å². The Balaban J connectivity index is 1.73. The summed E-state index contributed by atoms with van der Waals surface area (Å²) in [5.74, 6) is -2.18. The van der Waals surface area contributed by atoms with Crippen molar-refractivity contribution in [3.05, 3.63) is 46.6 Å². The summed E-state index contributed by atoms with van der Waals surface area (Å²) in [7, 11) is 1.49. The molecule has 0 radical (unpaired) electrons. The lowest BCUT2D eigenvalue weighted by molar-refractivity contribution is -0.272. The van der Waals surface area contributed by atoms with Crippen molar-refractivity contribution in [2.45, 2.75) is 50.5 Å². The molecule has 12 nitrogen and oxygen atoms in total. The molecular formula is C26H28O12. The molecule has 204 valence electrons. The summed E-state index contributed by atoms with van der Waals surface area (Å²) in [5.41, 5.74) is -0.599. The van der Waals surface area contributed by atoms with Crippen molar-refractivity contribution in [1.29, 1.82) is 0 Å². The number of fused-ring (bicyclic) bond motifs is 1. The average molecular weight is 532 g/mol. The number of phenols is 2. The van der Waals surface area contributed by atoms with Gasteiger partial charge in [0, 0.05) is 17.7 Å². The molecule has 0 spiro atoms. The van der Waals surface area contributed by atoms with Crippen molar-refractivity contribution < 1.29 is 53.7 Å². The van der Waals surface area contributed by atoms with Crippen molar-refractivity contribution >= 4 is 16.9 Å². The van der Waals surface area contributed by atoms with Crippen LogP contribution in [-0.2, 0) is 14.3 Å². The van der Waals surface area contributed by atoms with Gasteiger partial charge in [0.2, 0.25) is 12.0 Å². The zero-order chi connectivity index (χ0) is 27.6. The Labute approximate surface area is 216 Å². The first-order valence-electron chi connectivity index (χ1n) is 11.9. The van der Waals surface area contributed by atoms with Crippen LogP contribution in [0.3, 0.4) is 0 Å². The second kappa shape index (κ2) is 11.3. The first-order valence-corrected chi connectivity index (χ1v) is 11.9. The quantitative estimate of drug-likeness (QED) is 0.208. The molecule has 4 rings (SSSR count). The van der Waals surface area contributed by atoms with Crippen LogP contribution in [0, 0.1) is 0 Å². The number of carbonyl (C=O) groups excluding carboxylic acids is 1. The highest BCUT2D eigenvalue weighted by atomic mass is 16.7. The van der Waals surface area contributed by atoms with Gasteiger partial charge in [0.1, 0.15) is 41.0 Å². The number of esters is 1. The zero-order valence-electron chi connectivity index (χ0n) is 20.6. The van der Waals surface area contributed by atoms with E-state index in [1.54, 1.807) is 24.3 Å². The third-order valence-electron chi connectivity index (χ3n) is 6.07. The summed E-state index contributed by atoms with van der Waals surface area (Å²) < 4.78 is 27.0. The number of rotatable bonds is 8. The molecule has 0 bridgehead atoms. The van der Waals surface area contributed by atoms with Crippen LogP contribution < -0.4 is 14.9 Å². The summed E-state index contributed by atoms with van der Waals surface area (Å²) >= 11 is 0. The van der Waals surface area contributed by atoms with Gasteiger partial charge < -0.3 is 48.9 Å². The van der Waals surface area contributed by atoms with Crippen molar-refractivity contribution in [3.8, 4) is 34.3 Å². The number of phenolic OH excluding ortho intramolecular Hbond substituents is 2. The molecule has 38 heavy (non-hydrogen) atoms. The lowest BCUT2D eigenvalue weighted by atomic mass is 9.99. The zero-order valence-corrected chi connectivity index (χ0v) is 20.6. The number of hydrogen-bond donors (Lipinski definition) is 5. The molecule has 0 amide bonds. The third-order valence-corrected chi connectivity index (χ3v) is 6.07. The van der Waals surface area contributed by atoms with E-state index in [4.69, 9.17) is 23.4 Å². The normalized spacial score (nSPS) is 23.2. The summed E-state index contributed by atoms with van der Waals surface area (Å²) in [6.07, 6.45) is -7.83. The third kappa shape index (κ3) is 5.24. The number of methoxy groups -OCH3 is 1. The molecule has 1 aliphatic rings. The van der Waals surface area contributed by atoms with E-state index in [-0.39, 0.29) is 23.3 Å². The number of aliphatic hydroxyl groups is 3. The Morgan fingerprint density at radius 3 is 2.37 bits per heavy atom. The van der Waals surface area contributed by atoms with Gasteiger partial charge in [-0.2, -0.15) is 0 Å². The largest absolute Gasteiger partial charge is 0.507 e. The van der Waals surface area contributed by atoms with Crippen LogP contribution in [0.4, 0.5) is 0 Å². The molecule has 5 N–H and O–H groups in total. The smallest absolute Gasteiger partial charge is 0.338 e. The van der Waals surface area contributed by atoms with Gasteiger partial charge in [-0.05, 0) is 30.7 Å². The van der Waals surface area contributed by atoms with Crippen molar-refractivity contribution in [2.24, 2.45) is 0 Å². The maximum absolute atomic E-state index is 12.9. The predicted octanol–water partition coefficient (Wildman–Crippen LogP) is 1.41. The van der Waals surface area contributed by atoms with Gasteiger partial charge in [-0.1, -0.05) is 13.3 Å². The fourth-order valence-electron chi connectivity index (χ4n) is 3.95. The number of unbranched alkanes of at least 4 members (excludes halogenated alkanes) is 1. The van der Waals surface area contributed by atoms with E-state index in [0.29, 0.717) is 17.7 Å². The Bertz CT molecular complexity index is 1350. The SMILES string of the molecule is CCCCOC(=O)C1OC(Oc2c(O)cc(O)c3c(=O)cc(-c4ccc(OC)cc4)oc23)C(O)C(O)C1O. The van der Waals surface area contributed by atoms with E-state index < -0.39 is 59.4 Å². The van der Waals surface area contributed by atoms with Gasteiger partial charge in [-0.15, -0.1) is 0 Å². The number of carbonyl (C=O) groups is 1. The van der Waals surface area contributed by atoms with Gasteiger partial charge in [0.25, 0.3) is 0 Å². The fraction of sp³-hybridized carbons (Fsp3) is 0.385. The minimum Gasteiger partial charge on any atom is -0.507 e. The van der Waals surface area contributed by atoms with E-state index in [0.717, 1.165) is 18.6 Å². The lowest BCUT2D eigenvalue weighted by Crippen LogP contribution is -2.61. The lowest BCUT2D eigenvalue weighted by Gasteiger charge is -2.39.